The summed E-state index contributed by atoms with van der Waals surface area (Å²) >= 11 is 0. The lowest BCUT2D eigenvalue weighted by Crippen LogP contribution is -2.58. The monoisotopic (exact) mass is 229 g/mol. The van der Waals surface area contributed by atoms with Gasteiger partial charge in [0.25, 0.3) is 0 Å². The topological polar surface area (TPSA) is 3.24 Å². The van der Waals surface area contributed by atoms with E-state index in [1.54, 1.807) is 0 Å². The minimum Gasteiger partial charge on any atom is -0.345 e. The van der Waals surface area contributed by atoms with Crippen molar-refractivity contribution >= 4 is 16.5 Å². The molecule has 1 aliphatic rings. The molecule has 0 atom stereocenters. The SMILES string of the molecule is CCCC[Si](C)(C)N1CCC[Si]1(C)C. The van der Waals surface area contributed by atoms with E-state index < -0.39 is 16.5 Å². The van der Waals surface area contributed by atoms with E-state index in [-0.39, 0.29) is 0 Å². The molecule has 0 aliphatic carbocycles. The molecule has 0 radical (unpaired) electrons. The second-order valence-corrected chi connectivity index (χ2v) is 15.8. The molecular weight excluding hydrogens is 202 g/mol. The van der Waals surface area contributed by atoms with E-state index in [0.29, 0.717) is 0 Å². The van der Waals surface area contributed by atoms with Crippen LogP contribution in [-0.4, -0.2) is 27.2 Å². The molecule has 0 spiro atoms. The van der Waals surface area contributed by atoms with Gasteiger partial charge in [0.15, 0.2) is 0 Å². The van der Waals surface area contributed by atoms with Crippen LogP contribution in [0.3, 0.4) is 0 Å². The molecule has 1 fully saturated rings. The largest absolute Gasteiger partial charge is 0.345 e. The summed E-state index contributed by atoms with van der Waals surface area (Å²) in [5.41, 5.74) is 0. The molecule has 1 rings (SSSR count). The molecule has 1 saturated heterocycles. The summed E-state index contributed by atoms with van der Waals surface area (Å²) in [5.74, 6) is 0. The molecule has 0 aromatic carbocycles. The van der Waals surface area contributed by atoms with Crippen LogP contribution in [0.2, 0.25) is 38.3 Å². The highest BCUT2D eigenvalue weighted by atomic mass is 28.4. The Morgan fingerprint density at radius 2 is 1.93 bits per heavy atom. The summed E-state index contributed by atoms with van der Waals surface area (Å²) in [5, 5.41) is 0. The van der Waals surface area contributed by atoms with Gasteiger partial charge >= 0.3 is 0 Å². The average Bonchev–Trinajstić information content (AvgIpc) is 2.42. The zero-order valence-electron chi connectivity index (χ0n) is 10.7. The lowest BCUT2D eigenvalue weighted by molar-refractivity contribution is 0.645. The van der Waals surface area contributed by atoms with E-state index in [0.717, 1.165) is 0 Å². The molecule has 0 amide bonds. The van der Waals surface area contributed by atoms with Gasteiger partial charge in [-0.25, -0.2) is 0 Å². The number of hydrogen-bond donors (Lipinski definition) is 0. The van der Waals surface area contributed by atoms with Gasteiger partial charge in [0.1, 0.15) is 16.5 Å². The van der Waals surface area contributed by atoms with Gasteiger partial charge in [0.2, 0.25) is 0 Å². The number of rotatable bonds is 4. The van der Waals surface area contributed by atoms with Gasteiger partial charge in [-0.15, -0.1) is 0 Å². The van der Waals surface area contributed by atoms with Crippen LogP contribution in [0, 0.1) is 0 Å². The molecular formula is C11H27NSi2. The standard InChI is InChI=1S/C11H27NSi2/c1-6-7-10-13(2,3)12-9-8-11-14(12,4)5/h6-11H2,1-5H3. The molecule has 0 bridgehead atoms. The van der Waals surface area contributed by atoms with Gasteiger partial charge in [-0.3, -0.25) is 0 Å². The second kappa shape index (κ2) is 4.50. The quantitative estimate of drug-likeness (QED) is 0.661. The van der Waals surface area contributed by atoms with Gasteiger partial charge in [0, 0.05) is 0 Å². The normalized spacial score (nSPS) is 22.9. The molecule has 3 heteroatoms. The summed E-state index contributed by atoms with van der Waals surface area (Å²) in [6.07, 6.45) is 4.29. The van der Waals surface area contributed by atoms with Crippen molar-refractivity contribution in [1.82, 2.24) is 4.23 Å². The van der Waals surface area contributed by atoms with Crippen LogP contribution in [0.25, 0.3) is 0 Å². The Morgan fingerprint density at radius 3 is 2.36 bits per heavy atom. The van der Waals surface area contributed by atoms with Crippen molar-refractivity contribution < 1.29 is 0 Å². The second-order valence-electron chi connectivity index (χ2n) is 5.98. The third kappa shape index (κ3) is 2.70. The van der Waals surface area contributed by atoms with E-state index >= 15 is 0 Å². The summed E-state index contributed by atoms with van der Waals surface area (Å²) in [4.78, 5) is 0. The molecule has 0 N–H and O–H groups in total. The highest BCUT2D eigenvalue weighted by Gasteiger charge is 2.42. The third-order valence-electron chi connectivity index (χ3n) is 3.77. The van der Waals surface area contributed by atoms with Crippen molar-refractivity contribution in [3.05, 3.63) is 0 Å². The van der Waals surface area contributed by atoms with E-state index in [2.05, 4.69) is 37.3 Å². The molecule has 0 aromatic rings. The third-order valence-corrected chi connectivity index (χ3v) is 13.9. The van der Waals surface area contributed by atoms with Crippen LogP contribution >= 0.6 is 0 Å². The Labute approximate surface area is 92.1 Å². The van der Waals surface area contributed by atoms with E-state index in [4.69, 9.17) is 0 Å². The molecule has 0 saturated carbocycles. The van der Waals surface area contributed by atoms with Crippen LogP contribution in [0.1, 0.15) is 26.2 Å². The molecule has 14 heavy (non-hydrogen) atoms. The minimum absolute atomic E-state index is 0.960. The highest BCUT2D eigenvalue weighted by molar-refractivity contribution is 6.91. The molecule has 84 valence electrons. The van der Waals surface area contributed by atoms with E-state index in [1.807, 2.05) is 0 Å². The Morgan fingerprint density at radius 1 is 1.29 bits per heavy atom. The maximum atomic E-state index is 3.00. The first kappa shape index (κ1) is 12.5. The van der Waals surface area contributed by atoms with Gasteiger partial charge in [-0.2, -0.15) is 0 Å². The average molecular weight is 230 g/mol. The Bertz CT molecular complexity index is 190. The predicted octanol–water partition coefficient (Wildman–Crippen LogP) is 3.90. The van der Waals surface area contributed by atoms with Crippen LogP contribution < -0.4 is 0 Å². The summed E-state index contributed by atoms with van der Waals surface area (Å²) in [7, 11) is -1.99. The van der Waals surface area contributed by atoms with Crippen LogP contribution in [0.5, 0.6) is 0 Å². The van der Waals surface area contributed by atoms with Crippen molar-refractivity contribution in [1.29, 1.82) is 0 Å². The zero-order chi connectivity index (χ0) is 10.8. The highest BCUT2D eigenvalue weighted by Crippen LogP contribution is 2.33. The van der Waals surface area contributed by atoms with Gasteiger partial charge in [0.05, 0.1) is 0 Å². The summed E-state index contributed by atoms with van der Waals surface area (Å²) in [6.45, 7) is 14.0. The van der Waals surface area contributed by atoms with Crippen LogP contribution in [0.4, 0.5) is 0 Å². The van der Waals surface area contributed by atoms with Crippen molar-refractivity contribution in [3.8, 4) is 0 Å². The summed E-state index contributed by atoms with van der Waals surface area (Å²) in [6, 6.07) is 3.05. The first-order valence-electron chi connectivity index (χ1n) is 6.18. The first-order chi connectivity index (χ1) is 6.40. The number of unbranched alkanes of at least 4 members (excludes halogenated alkanes) is 1. The van der Waals surface area contributed by atoms with Gasteiger partial charge in [-0.1, -0.05) is 46.0 Å². The number of nitrogens with zero attached hydrogens (tertiary/aromatic N) is 1. The fraction of sp³-hybridized carbons (Fsp3) is 1.00. The maximum absolute atomic E-state index is 3.00. The Balaban J connectivity index is 2.61. The van der Waals surface area contributed by atoms with Gasteiger partial charge in [-0.05, 0) is 25.1 Å². The van der Waals surface area contributed by atoms with Crippen molar-refractivity contribution in [2.24, 2.45) is 0 Å². The molecule has 1 nitrogen and oxygen atoms in total. The maximum Gasteiger partial charge on any atom is 0.115 e. The Kier molecular flexibility index (Phi) is 4.00. The first-order valence-corrected chi connectivity index (χ1v) is 12.5. The smallest absolute Gasteiger partial charge is 0.115 e. The lowest BCUT2D eigenvalue weighted by atomic mass is 10.4. The van der Waals surface area contributed by atoms with E-state index in [9.17, 15) is 0 Å². The summed E-state index contributed by atoms with van der Waals surface area (Å²) < 4.78 is 3.00. The Hall–Kier alpha value is 0.394. The van der Waals surface area contributed by atoms with Crippen LogP contribution in [-0.2, 0) is 0 Å². The fourth-order valence-electron chi connectivity index (χ4n) is 2.97. The molecule has 1 aliphatic heterocycles. The zero-order valence-corrected chi connectivity index (χ0v) is 12.7. The fourth-order valence-corrected chi connectivity index (χ4v) is 14.5. The van der Waals surface area contributed by atoms with Crippen LogP contribution in [0.15, 0.2) is 0 Å². The van der Waals surface area contributed by atoms with Crippen molar-refractivity contribution in [2.45, 2.75) is 64.5 Å². The van der Waals surface area contributed by atoms with Crippen molar-refractivity contribution in [2.75, 3.05) is 6.54 Å². The van der Waals surface area contributed by atoms with Gasteiger partial charge < -0.3 is 4.23 Å². The number of hydrogen-bond acceptors (Lipinski definition) is 1. The lowest BCUT2D eigenvalue weighted by Gasteiger charge is -2.42. The van der Waals surface area contributed by atoms with Crippen molar-refractivity contribution in [3.63, 3.8) is 0 Å². The minimum atomic E-state index is -1.03. The van der Waals surface area contributed by atoms with E-state index in [1.165, 1.54) is 37.9 Å². The molecule has 1 heterocycles. The molecule has 0 unspecified atom stereocenters. The molecule has 0 aromatic heterocycles. The predicted molar refractivity (Wildman–Crippen MR) is 70.8 cm³/mol.